The molecule has 108 valence electrons. The van der Waals surface area contributed by atoms with Gasteiger partial charge in [-0.05, 0) is 19.9 Å². The first-order chi connectivity index (χ1) is 9.15. The van der Waals surface area contributed by atoms with Crippen LogP contribution in [0.4, 0.5) is 0 Å². The number of rotatable bonds is 4. The van der Waals surface area contributed by atoms with E-state index in [1.807, 2.05) is 0 Å². The molecule has 0 aromatic carbocycles. The quantitative estimate of drug-likeness (QED) is 0.824. The maximum atomic E-state index is 11.9. The Morgan fingerprint density at radius 3 is 2.89 bits per heavy atom. The van der Waals surface area contributed by atoms with Crippen molar-refractivity contribution in [3.63, 3.8) is 0 Å². The normalized spacial score (nSPS) is 22.6. The molecule has 2 aliphatic rings. The van der Waals surface area contributed by atoms with E-state index >= 15 is 0 Å². The summed E-state index contributed by atoms with van der Waals surface area (Å²) in [6.45, 7) is 1.90. The van der Waals surface area contributed by atoms with E-state index in [1.54, 1.807) is 11.8 Å². The van der Waals surface area contributed by atoms with Crippen LogP contribution in [0.3, 0.4) is 0 Å². The van der Waals surface area contributed by atoms with E-state index in [1.165, 1.54) is 24.2 Å². The minimum Gasteiger partial charge on any atom is -0.401 e. The lowest BCUT2D eigenvalue weighted by Crippen LogP contribution is -2.37. The predicted molar refractivity (Wildman–Crippen MR) is 80.8 cm³/mol. The van der Waals surface area contributed by atoms with E-state index in [-0.39, 0.29) is 5.91 Å². The molecule has 1 amide bonds. The number of hydrogen-bond donors (Lipinski definition) is 2. The summed E-state index contributed by atoms with van der Waals surface area (Å²) in [5.74, 6) is 0.658. The van der Waals surface area contributed by atoms with Gasteiger partial charge in [-0.25, -0.2) is 0 Å². The molecule has 0 spiro atoms. The van der Waals surface area contributed by atoms with E-state index in [9.17, 15) is 4.79 Å². The molecule has 1 aliphatic carbocycles. The zero-order chi connectivity index (χ0) is 13.7. The van der Waals surface area contributed by atoms with Crippen molar-refractivity contribution in [2.45, 2.75) is 44.6 Å². The third-order valence-electron chi connectivity index (χ3n) is 3.88. The van der Waals surface area contributed by atoms with Gasteiger partial charge in [-0.2, -0.15) is 0 Å². The maximum Gasteiger partial charge on any atom is 0.230 e. The van der Waals surface area contributed by atoms with Crippen LogP contribution in [0.2, 0.25) is 0 Å². The van der Waals surface area contributed by atoms with Gasteiger partial charge in [0.2, 0.25) is 5.91 Å². The highest BCUT2D eigenvalue weighted by Gasteiger charge is 2.18. The monoisotopic (exact) mass is 283 g/mol. The number of carbonyl (C=O) groups is 1. The van der Waals surface area contributed by atoms with Gasteiger partial charge in [-0.1, -0.05) is 19.3 Å². The van der Waals surface area contributed by atoms with Gasteiger partial charge >= 0.3 is 0 Å². The van der Waals surface area contributed by atoms with Crippen LogP contribution < -0.4 is 11.1 Å². The molecule has 1 heterocycles. The molecule has 0 atom stereocenters. The van der Waals surface area contributed by atoms with Crippen molar-refractivity contribution in [2.75, 3.05) is 25.9 Å². The van der Waals surface area contributed by atoms with Crippen LogP contribution in [-0.4, -0.2) is 42.7 Å². The molecular weight excluding hydrogens is 258 g/mol. The molecule has 1 fully saturated rings. The molecule has 3 N–H and O–H groups in total. The Hall–Kier alpha value is -0.680. The van der Waals surface area contributed by atoms with E-state index in [2.05, 4.69) is 17.3 Å². The minimum absolute atomic E-state index is 0.158. The van der Waals surface area contributed by atoms with Crippen molar-refractivity contribution < 1.29 is 4.79 Å². The third-order valence-corrected chi connectivity index (χ3v) is 5.03. The number of nitrogens with two attached hydrogens (primary N) is 1. The molecule has 0 saturated heterocycles. The second-order valence-electron chi connectivity index (χ2n) is 5.63. The van der Waals surface area contributed by atoms with Gasteiger partial charge in [-0.15, -0.1) is 11.8 Å². The smallest absolute Gasteiger partial charge is 0.230 e. The molecule has 5 heteroatoms. The number of nitrogens with zero attached hydrogens (tertiary/aromatic N) is 1. The molecule has 0 aromatic rings. The molecule has 2 rings (SSSR count). The minimum atomic E-state index is 0.158. The lowest BCUT2D eigenvalue weighted by atomic mass is 9.95. The summed E-state index contributed by atoms with van der Waals surface area (Å²) in [4.78, 5) is 15.4. The van der Waals surface area contributed by atoms with Gasteiger partial charge in [0.05, 0.1) is 5.75 Å². The molecule has 0 aromatic heterocycles. The topological polar surface area (TPSA) is 58.4 Å². The summed E-state index contributed by atoms with van der Waals surface area (Å²) in [5.41, 5.74) is 6.98. The van der Waals surface area contributed by atoms with E-state index in [0.29, 0.717) is 11.8 Å². The summed E-state index contributed by atoms with van der Waals surface area (Å²) in [6.07, 6.45) is 7.02. The summed E-state index contributed by atoms with van der Waals surface area (Å²) >= 11 is 1.61. The molecule has 1 saturated carbocycles. The maximum absolute atomic E-state index is 11.9. The Balaban J connectivity index is 1.73. The Labute approximate surface area is 120 Å². The molecule has 0 radical (unpaired) electrons. The van der Waals surface area contributed by atoms with Crippen LogP contribution in [0.5, 0.6) is 0 Å². The largest absolute Gasteiger partial charge is 0.401 e. The van der Waals surface area contributed by atoms with Crippen molar-refractivity contribution in [2.24, 2.45) is 5.73 Å². The van der Waals surface area contributed by atoms with Crippen molar-refractivity contribution >= 4 is 17.7 Å². The Morgan fingerprint density at radius 2 is 2.16 bits per heavy atom. The van der Waals surface area contributed by atoms with Crippen molar-refractivity contribution in [3.05, 3.63) is 10.6 Å². The van der Waals surface area contributed by atoms with Gasteiger partial charge in [0, 0.05) is 36.2 Å². The van der Waals surface area contributed by atoms with Gasteiger partial charge in [0.1, 0.15) is 0 Å². The highest BCUT2D eigenvalue weighted by molar-refractivity contribution is 8.03. The van der Waals surface area contributed by atoms with Crippen LogP contribution in [0.25, 0.3) is 0 Å². The standard InChI is InChI=1S/C14H25N3OS/c1-17-8-7-12(15)13(9-17)19-10-14(18)16-11-5-3-2-4-6-11/h11H,2-10,15H2,1H3,(H,16,18). The number of hydrogen-bond acceptors (Lipinski definition) is 4. The number of nitrogens with one attached hydrogen (secondary N) is 1. The average molecular weight is 283 g/mol. The second kappa shape index (κ2) is 7.20. The van der Waals surface area contributed by atoms with Crippen LogP contribution >= 0.6 is 11.8 Å². The van der Waals surface area contributed by atoms with Gasteiger partial charge < -0.3 is 16.0 Å². The van der Waals surface area contributed by atoms with E-state index < -0.39 is 0 Å². The van der Waals surface area contributed by atoms with Crippen molar-refractivity contribution in [1.82, 2.24) is 10.2 Å². The number of likely N-dealkylation sites (N-methyl/N-ethyl adjacent to an activating group) is 1. The summed E-state index contributed by atoms with van der Waals surface area (Å²) in [6, 6.07) is 0.405. The average Bonchev–Trinajstić information content (AvgIpc) is 2.41. The van der Waals surface area contributed by atoms with Gasteiger partial charge in [0.25, 0.3) is 0 Å². The van der Waals surface area contributed by atoms with Crippen LogP contribution in [0.15, 0.2) is 10.6 Å². The Bertz CT molecular complexity index is 351. The van der Waals surface area contributed by atoms with E-state index in [0.717, 1.165) is 38.0 Å². The first kappa shape index (κ1) is 14.7. The zero-order valence-corrected chi connectivity index (χ0v) is 12.6. The third kappa shape index (κ3) is 4.73. The van der Waals surface area contributed by atoms with Gasteiger partial charge in [-0.3, -0.25) is 4.79 Å². The highest BCUT2D eigenvalue weighted by atomic mass is 32.2. The van der Waals surface area contributed by atoms with Crippen LogP contribution in [-0.2, 0) is 4.79 Å². The van der Waals surface area contributed by atoms with Gasteiger partial charge in [0.15, 0.2) is 0 Å². The lowest BCUT2D eigenvalue weighted by molar-refractivity contribution is -0.119. The fraction of sp³-hybridized carbons (Fsp3) is 0.786. The number of amides is 1. The predicted octanol–water partition coefficient (Wildman–Crippen LogP) is 1.67. The number of carbonyl (C=O) groups excluding carboxylic acids is 1. The lowest BCUT2D eigenvalue weighted by Gasteiger charge is -2.26. The summed E-state index contributed by atoms with van der Waals surface area (Å²) in [7, 11) is 2.09. The molecule has 0 unspecified atom stereocenters. The molecule has 4 nitrogen and oxygen atoms in total. The zero-order valence-electron chi connectivity index (χ0n) is 11.8. The Kier molecular flexibility index (Phi) is 5.58. The molecule has 1 aliphatic heterocycles. The second-order valence-corrected chi connectivity index (χ2v) is 6.70. The van der Waals surface area contributed by atoms with E-state index in [4.69, 9.17) is 5.73 Å². The van der Waals surface area contributed by atoms with Crippen molar-refractivity contribution in [1.29, 1.82) is 0 Å². The summed E-state index contributed by atoms with van der Waals surface area (Å²) < 4.78 is 0. The first-order valence-corrected chi connectivity index (χ1v) is 8.22. The Morgan fingerprint density at radius 1 is 1.42 bits per heavy atom. The highest BCUT2D eigenvalue weighted by Crippen LogP contribution is 2.24. The van der Waals surface area contributed by atoms with Crippen LogP contribution in [0.1, 0.15) is 38.5 Å². The first-order valence-electron chi connectivity index (χ1n) is 7.23. The molecular formula is C14H25N3OS. The van der Waals surface area contributed by atoms with Crippen LogP contribution in [0, 0.1) is 0 Å². The number of thioether (sulfide) groups is 1. The summed E-state index contributed by atoms with van der Waals surface area (Å²) in [5, 5.41) is 3.15. The fourth-order valence-corrected chi connectivity index (χ4v) is 3.67. The van der Waals surface area contributed by atoms with Crippen molar-refractivity contribution in [3.8, 4) is 0 Å². The molecule has 0 bridgehead atoms. The SMILES string of the molecule is CN1CCC(N)=C(SCC(=O)NC2CCCCC2)C1. The molecule has 19 heavy (non-hydrogen) atoms. The fourth-order valence-electron chi connectivity index (χ4n) is 2.68.